The van der Waals surface area contributed by atoms with Crippen LogP contribution in [0.25, 0.3) is 5.57 Å². The fourth-order valence-corrected chi connectivity index (χ4v) is 2.19. The van der Waals surface area contributed by atoms with Crippen molar-refractivity contribution < 1.29 is 22.7 Å². The average Bonchev–Trinajstić information content (AvgIpc) is 2.46. The van der Waals surface area contributed by atoms with Gasteiger partial charge in [0.1, 0.15) is 11.5 Å². The Morgan fingerprint density at radius 3 is 2.43 bits per heavy atom. The highest BCUT2D eigenvalue weighted by molar-refractivity contribution is 5.85. The topological polar surface area (TPSA) is 52.3 Å². The molecule has 2 rings (SSSR count). The van der Waals surface area contributed by atoms with E-state index in [-0.39, 0.29) is 0 Å². The maximum absolute atomic E-state index is 13.2. The molecular weight excluding hydrogens is 283 g/mol. The van der Waals surface area contributed by atoms with Crippen LogP contribution in [0.1, 0.15) is 5.56 Å². The van der Waals surface area contributed by atoms with Gasteiger partial charge in [-0.2, -0.15) is 13.2 Å². The van der Waals surface area contributed by atoms with Crippen LogP contribution in [0.2, 0.25) is 0 Å². The van der Waals surface area contributed by atoms with E-state index in [1.807, 2.05) is 0 Å². The second-order valence-corrected chi connectivity index (χ2v) is 4.75. The highest BCUT2D eigenvalue weighted by atomic mass is 19.4. The Bertz CT molecular complexity index is 593. The number of alkyl halides is 3. The molecule has 0 aliphatic heterocycles. The predicted octanol–water partition coefficient (Wildman–Crippen LogP) is 2.69. The van der Waals surface area contributed by atoms with Gasteiger partial charge in [-0.15, -0.1) is 0 Å². The molecule has 0 bridgehead atoms. The van der Waals surface area contributed by atoms with Gasteiger partial charge in [0, 0.05) is 0 Å². The Hall–Kier alpha value is -2.08. The van der Waals surface area contributed by atoms with Gasteiger partial charge in [0.15, 0.2) is 0 Å². The summed E-state index contributed by atoms with van der Waals surface area (Å²) in [5.74, 6) is -2.64. The summed E-state index contributed by atoms with van der Waals surface area (Å²) in [5, 5.41) is 0. The van der Waals surface area contributed by atoms with Crippen LogP contribution in [0.4, 0.5) is 13.2 Å². The molecule has 0 saturated carbocycles. The Morgan fingerprint density at radius 1 is 1.29 bits per heavy atom. The molecule has 21 heavy (non-hydrogen) atoms. The number of benzene rings is 1. The van der Waals surface area contributed by atoms with E-state index in [9.17, 15) is 18.0 Å². The molecule has 0 saturated heterocycles. The Balaban J connectivity index is 2.48. The van der Waals surface area contributed by atoms with Crippen molar-refractivity contribution in [2.24, 2.45) is 11.7 Å². The average molecular weight is 297 g/mol. The van der Waals surface area contributed by atoms with Crippen molar-refractivity contribution in [1.29, 1.82) is 0 Å². The van der Waals surface area contributed by atoms with Crippen LogP contribution in [-0.4, -0.2) is 24.8 Å². The number of ether oxygens (including phenoxy) is 1. The molecule has 0 spiro atoms. The first-order valence-electron chi connectivity index (χ1n) is 6.19. The van der Waals surface area contributed by atoms with E-state index in [1.54, 1.807) is 30.3 Å². The number of nitrogens with two attached hydrogens (primary N) is 1. The van der Waals surface area contributed by atoms with Crippen molar-refractivity contribution in [2.45, 2.75) is 11.7 Å². The molecule has 0 radical (unpaired) electrons. The van der Waals surface area contributed by atoms with Crippen molar-refractivity contribution in [2.75, 3.05) is 7.11 Å². The zero-order valence-corrected chi connectivity index (χ0v) is 11.2. The number of hydrogen-bond acceptors (Lipinski definition) is 3. The molecule has 1 aromatic rings. The molecule has 0 fully saturated rings. The molecule has 1 aromatic carbocycles. The van der Waals surface area contributed by atoms with E-state index in [2.05, 4.69) is 4.74 Å². The number of carbonyl (C=O) groups is 1. The minimum atomic E-state index is -4.76. The monoisotopic (exact) mass is 297 g/mol. The molecular formula is C15H14F3NO2. The van der Waals surface area contributed by atoms with E-state index in [4.69, 9.17) is 5.73 Å². The normalized spacial score (nSPS) is 25.4. The zero-order valence-electron chi connectivity index (χ0n) is 11.2. The lowest BCUT2D eigenvalue weighted by atomic mass is 9.77. The number of carbonyl (C=O) groups excluding carboxylic acids is 1. The first kappa shape index (κ1) is 15.3. The molecule has 112 valence electrons. The molecule has 1 aliphatic rings. The summed E-state index contributed by atoms with van der Waals surface area (Å²) in [4.78, 5) is 11.7. The maximum atomic E-state index is 13.2. The molecule has 2 N–H and O–H groups in total. The van der Waals surface area contributed by atoms with Gasteiger partial charge >= 0.3 is 12.1 Å². The molecule has 0 amide bonds. The van der Waals surface area contributed by atoms with Crippen molar-refractivity contribution in [3.63, 3.8) is 0 Å². The summed E-state index contributed by atoms with van der Waals surface area (Å²) in [6, 6.07) is 8.77. The third-order valence-electron chi connectivity index (χ3n) is 3.45. The van der Waals surface area contributed by atoms with Crippen molar-refractivity contribution >= 4 is 11.5 Å². The first-order valence-corrected chi connectivity index (χ1v) is 6.19. The fraction of sp³-hybridized carbons (Fsp3) is 0.267. The summed E-state index contributed by atoms with van der Waals surface area (Å²) in [7, 11) is 1.04. The largest absolute Gasteiger partial charge is 0.468 e. The molecule has 2 unspecified atom stereocenters. The van der Waals surface area contributed by atoms with Crippen LogP contribution in [0.3, 0.4) is 0 Å². The predicted molar refractivity (Wildman–Crippen MR) is 72.0 cm³/mol. The second-order valence-electron chi connectivity index (χ2n) is 4.75. The standard InChI is InChI=1S/C15H14F3NO2/c1-21-13(20)12-9-11(10-5-3-2-4-6-10)7-8-14(12,19)15(16,17)18/h2-9,12H,19H2,1H3. The van der Waals surface area contributed by atoms with Crippen molar-refractivity contribution in [3.05, 3.63) is 54.1 Å². The lowest BCUT2D eigenvalue weighted by Gasteiger charge is -2.36. The molecule has 1 aliphatic carbocycles. The minimum absolute atomic E-state index is 0.497. The summed E-state index contributed by atoms with van der Waals surface area (Å²) < 4.78 is 44.0. The number of rotatable bonds is 2. The number of halogens is 3. The van der Waals surface area contributed by atoms with Crippen LogP contribution in [-0.2, 0) is 9.53 Å². The van der Waals surface area contributed by atoms with E-state index in [0.29, 0.717) is 11.1 Å². The van der Waals surface area contributed by atoms with Crippen LogP contribution < -0.4 is 5.73 Å². The maximum Gasteiger partial charge on any atom is 0.411 e. The smallest absolute Gasteiger partial charge is 0.411 e. The van der Waals surface area contributed by atoms with Gasteiger partial charge in [0.2, 0.25) is 0 Å². The third-order valence-corrected chi connectivity index (χ3v) is 3.45. The highest BCUT2D eigenvalue weighted by Gasteiger charge is 2.58. The molecule has 2 atom stereocenters. The summed E-state index contributed by atoms with van der Waals surface area (Å²) in [5.41, 5.74) is 3.87. The third kappa shape index (κ3) is 2.71. The highest BCUT2D eigenvalue weighted by Crippen LogP contribution is 2.41. The Labute approximate surface area is 119 Å². The Morgan fingerprint density at radius 2 is 1.90 bits per heavy atom. The van der Waals surface area contributed by atoms with Gasteiger partial charge in [-0.05, 0) is 11.1 Å². The van der Waals surface area contributed by atoms with Gasteiger partial charge in [0.05, 0.1) is 7.11 Å². The number of allylic oxidation sites excluding steroid dienone is 2. The first-order chi connectivity index (χ1) is 9.79. The van der Waals surface area contributed by atoms with Gasteiger partial charge < -0.3 is 10.5 Å². The molecule has 3 nitrogen and oxygen atoms in total. The van der Waals surface area contributed by atoms with E-state index in [1.165, 1.54) is 12.2 Å². The summed E-state index contributed by atoms with van der Waals surface area (Å²) in [6.45, 7) is 0. The van der Waals surface area contributed by atoms with Gasteiger partial charge in [0.25, 0.3) is 0 Å². The van der Waals surface area contributed by atoms with E-state index >= 15 is 0 Å². The van der Waals surface area contributed by atoms with Crippen molar-refractivity contribution in [1.82, 2.24) is 0 Å². The fourth-order valence-electron chi connectivity index (χ4n) is 2.19. The van der Waals surface area contributed by atoms with Crippen molar-refractivity contribution in [3.8, 4) is 0 Å². The number of hydrogen-bond donors (Lipinski definition) is 1. The van der Waals surface area contributed by atoms with E-state index < -0.39 is 23.6 Å². The Kier molecular flexibility index (Phi) is 3.91. The summed E-state index contributed by atoms with van der Waals surface area (Å²) >= 11 is 0. The lowest BCUT2D eigenvalue weighted by Crippen LogP contribution is -2.60. The van der Waals surface area contributed by atoms with Crippen LogP contribution in [0.5, 0.6) is 0 Å². The van der Waals surface area contributed by atoms with Gasteiger partial charge in [-0.3, -0.25) is 4.79 Å². The zero-order chi connectivity index (χ0) is 15.7. The second kappa shape index (κ2) is 5.37. The molecule has 0 heterocycles. The quantitative estimate of drug-likeness (QED) is 0.854. The molecule has 6 heteroatoms. The van der Waals surface area contributed by atoms with Crippen LogP contribution in [0, 0.1) is 5.92 Å². The number of esters is 1. The van der Waals surface area contributed by atoms with Crippen LogP contribution >= 0.6 is 0 Å². The van der Waals surface area contributed by atoms with Gasteiger partial charge in [-0.25, -0.2) is 0 Å². The van der Waals surface area contributed by atoms with Gasteiger partial charge in [-0.1, -0.05) is 48.6 Å². The molecule has 0 aromatic heterocycles. The summed E-state index contributed by atoms with van der Waals surface area (Å²) in [6.07, 6.45) is -1.46. The SMILES string of the molecule is COC(=O)C1C=C(c2ccccc2)C=CC1(N)C(F)(F)F. The minimum Gasteiger partial charge on any atom is -0.468 e. The lowest BCUT2D eigenvalue weighted by molar-refractivity contribution is -0.190. The van der Waals surface area contributed by atoms with E-state index in [0.717, 1.165) is 13.2 Å². The number of methoxy groups -OCH3 is 1. The van der Waals surface area contributed by atoms with Crippen LogP contribution in [0.15, 0.2) is 48.6 Å².